The van der Waals surface area contributed by atoms with Crippen molar-refractivity contribution in [3.05, 3.63) is 55.3 Å². The number of nitrogens with zero attached hydrogens (tertiary/aromatic N) is 3. The molecule has 2 rings (SSSR count). The SMILES string of the molecule is Cc1nn(C)c(C)c1CNCc1ccc([N+](=O)[O-])cc1Br. The third-order valence-electron chi connectivity index (χ3n) is 3.52. The van der Waals surface area contributed by atoms with Crippen LogP contribution in [0.1, 0.15) is 22.5 Å². The highest BCUT2D eigenvalue weighted by atomic mass is 79.9. The minimum atomic E-state index is -0.398. The molecule has 0 aliphatic heterocycles. The van der Waals surface area contributed by atoms with Crippen molar-refractivity contribution in [3.63, 3.8) is 0 Å². The second kappa shape index (κ2) is 6.36. The lowest BCUT2D eigenvalue weighted by Gasteiger charge is -2.07. The predicted octanol–water partition coefficient (Wildman–Crippen LogP) is 3.00. The Morgan fingerprint density at radius 3 is 2.62 bits per heavy atom. The van der Waals surface area contributed by atoms with Crippen LogP contribution in [0.4, 0.5) is 5.69 Å². The molecule has 0 aliphatic carbocycles. The number of nitrogens with one attached hydrogen (secondary N) is 1. The van der Waals surface area contributed by atoms with E-state index < -0.39 is 4.92 Å². The summed E-state index contributed by atoms with van der Waals surface area (Å²) in [6.07, 6.45) is 0. The van der Waals surface area contributed by atoms with Crippen molar-refractivity contribution >= 4 is 21.6 Å². The monoisotopic (exact) mass is 352 g/mol. The Morgan fingerprint density at radius 2 is 2.10 bits per heavy atom. The van der Waals surface area contributed by atoms with E-state index in [0.717, 1.165) is 28.0 Å². The number of hydrogen-bond acceptors (Lipinski definition) is 4. The van der Waals surface area contributed by atoms with Crippen LogP contribution in [0.3, 0.4) is 0 Å². The highest BCUT2D eigenvalue weighted by molar-refractivity contribution is 9.10. The lowest BCUT2D eigenvalue weighted by molar-refractivity contribution is -0.384. The first-order chi connectivity index (χ1) is 9.90. The molecule has 0 bridgehead atoms. The molecule has 1 aromatic heterocycles. The van der Waals surface area contributed by atoms with Gasteiger partial charge in [-0.3, -0.25) is 14.8 Å². The maximum Gasteiger partial charge on any atom is 0.270 e. The Balaban J connectivity index is 2.02. The summed E-state index contributed by atoms with van der Waals surface area (Å²) in [7, 11) is 1.93. The van der Waals surface area contributed by atoms with Crippen molar-refractivity contribution in [2.45, 2.75) is 26.9 Å². The standard InChI is InChI=1S/C14H17BrN4O2/c1-9-13(10(2)18(3)17-9)8-16-7-11-4-5-12(19(20)21)6-14(11)15/h4-6,16H,7-8H2,1-3H3. The summed E-state index contributed by atoms with van der Waals surface area (Å²) in [5, 5.41) is 18.4. The Hall–Kier alpha value is -1.73. The van der Waals surface area contributed by atoms with Gasteiger partial charge in [0, 0.05) is 48.0 Å². The van der Waals surface area contributed by atoms with E-state index in [0.29, 0.717) is 6.54 Å². The summed E-state index contributed by atoms with van der Waals surface area (Å²) < 4.78 is 2.61. The van der Waals surface area contributed by atoms with Crippen LogP contribution in [-0.4, -0.2) is 14.7 Å². The van der Waals surface area contributed by atoms with Crippen LogP contribution in [0, 0.1) is 24.0 Å². The van der Waals surface area contributed by atoms with Crippen molar-refractivity contribution < 1.29 is 4.92 Å². The largest absolute Gasteiger partial charge is 0.308 e. The van der Waals surface area contributed by atoms with Crippen molar-refractivity contribution in [2.75, 3.05) is 0 Å². The number of benzene rings is 1. The zero-order valence-electron chi connectivity index (χ0n) is 12.2. The molecule has 0 aliphatic rings. The van der Waals surface area contributed by atoms with Gasteiger partial charge in [-0.1, -0.05) is 15.9 Å². The molecule has 112 valence electrons. The van der Waals surface area contributed by atoms with Gasteiger partial charge in [0.15, 0.2) is 0 Å². The number of aryl methyl sites for hydroxylation is 2. The van der Waals surface area contributed by atoms with Crippen molar-refractivity contribution in [1.29, 1.82) is 0 Å². The average molecular weight is 353 g/mol. The molecule has 0 atom stereocenters. The molecule has 0 saturated heterocycles. The second-order valence-corrected chi connectivity index (χ2v) is 5.76. The molecule has 0 radical (unpaired) electrons. The first-order valence-electron chi connectivity index (χ1n) is 6.52. The highest BCUT2D eigenvalue weighted by Crippen LogP contribution is 2.23. The zero-order valence-corrected chi connectivity index (χ0v) is 13.8. The molecular weight excluding hydrogens is 336 g/mol. The Bertz CT molecular complexity index is 682. The Kier molecular flexibility index (Phi) is 4.74. The number of nitro benzene ring substituents is 1. The third kappa shape index (κ3) is 3.48. The first kappa shape index (κ1) is 15.7. The van der Waals surface area contributed by atoms with Gasteiger partial charge < -0.3 is 5.32 Å². The number of nitro groups is 1. The van der Waals surface area contributed by atoms with Gasteiger partial charge in [0.2, 0.25) is 0 Å². The molecule has 7 heteroatoms. The van der Waals surface area contributed by atoms with E-state index in [1.165, 1.54) is 17.7 Å². The quantitative estimate of drug-likeness (QED) is 0.663. The molecule has 0 amide bonds. The number of aromatic nitrogens is 2. The van der Waals surface area contributed by atoms with E-state index in [1.54, 1.807) is 6.07 Å². The fraction of sp³-hybridized carbons (Fsp3) is 0.357. The minimum Gasteiger partial charge on any atom is -0.308 e. The van der Waals surface area contributed by atoms with Crippen LogP contribution in [-0.2, 0) is 20.1 Å². The maximum absolute atomic E-state index is 10.7. The van der Waals surface area contributed by atoms with Crippen molar-refractivity contribution in [1.82, 2.24) is 15.1 Å². The number of non-ortho nitro benzene ring substituents is 1. The number of halogens is 1. The molecule has 2 aromatic rings. The van der Waals surface area contributed by atoms with Crippen LogP contribution in [0.2, 0.25) is 0 Å². The van der Waals surface area contributed by atoms with E-state index in [9.17, 15) is 10.1 Å². The predicted molar refractivity (Wildman–Crippen MR) is 84.0 cm³/mol. The van der Waals surface area contributed by atoms with E-state index in [4.69, 9.17) is 0 Å². The van der Waals surface area contributed by atoms with Crippen LogP contribution in [0.25, 0.3) is 0 Å². The summed E-state index contributed by atoms with van der Waals surface area (Å²) in [5.41, 5.74) is 4.42. The Labute approximate surface area is 131 Å². The van der Waals surface area contributed by atoms with E-state index in [1.807, 2.05) is 25.6 Å². The zero-order chi connectivity index (χ0) is 15.6. The van der Waals surface area contributed by atoms with Gasteiger partial charge in [-0.05, 0) is 25.5 Å². The molecule has 1 heterocycles. The Morgan fingerprint density at radius 1 is 1.38 bits per heavy atom. The van der Waals surface area contributed by atoms with Gasteiger partial charge in [-0.2, -0.15) is 5.10 Å². The second-order valence-electron chi connectivity index (χ2n) is 4.91. The van der Waals surface area contributed by atoms with Gasteiger partial charge in [0.1, 0.15) is 0 Å². The fourth-order valence-electron chi connectivity index (χ4n) is 2.19. The molecule has 1 N–H and O–H groups in total. The normalized spacial score (nSPS) is 10.9. The van der Waals surface area contributed by atoms with Crippen LogP contribution in [0.15, 0.2) is 22.7 Å². The van der Waals surface area contributed by atoms with Gasteiger partial charge >= 0.3 is 0 Å². The van der Waals surface area contributed by atoms with Gasteiger partial charge in [-0.15, -0.1) is 0 Å². The molecular formula is C14H17BrN4O2. The summed E-state index contributed by atoms with van der Waals surface area (Å²) in [4.78, 5) is 10.3. The van der Waals surface area contributed by atoms with Crippen LogP contribution in [0.5, 0.6) is 0 Å². The highest BCUT2D eigenvalue weighted by Gasteiger charge is 2.11. The number of rotatable bonds is 5. The maximum atomic E-state index is 10.7. The van der Waals surface area contributed by atoms with Crippen LogP contribution >= 0.6 is 15.9 Å². The van der Waals surface area contributed by atoms with Gasteiger partial charge in [0.25, 0.3) is 5.69 Å². The summed E-state index contributed by atoms with van der Waals surface area (Å²) >= 11 is 3.37. The van der Waals surface area contributed by atoms with Gasteiger partial charge in [0.05, 0.1) is 10.6 Å². The minimum absolute atomic E-state index is 0.0876. The first-order valence-corrected chi connectivity index (χ1v) is 7.32. The smallest absolute Gasteiger partial charge is 0.270 e. The molecule has 0 fully saturated rings. The molecule has 0 saturated carbocycles. The van der Waals surface area contributed by atoms with Crippen molar-refractivity contribution in [3.8, 4) is 0 Å². The summed E-state index contributed by atoms with van der Waals surface area (Å²) in [5.74, 6) is 0. The fourth-order valence-corrected chi connectivity index (χ4v) is 2.70. The molecule has 6 nitrogen and oxygen atoms in total. The lowest BCUT2D eigenvalue weighted by atomic mass is 10.1. The molecule has 21 heavy (non-hydrogen) atoms. The van der Waals surface area contributed by atoms with E-state index >= 15 is 0 Å². The van der Waals surface area contributed by atoms with Crippen molar-refractivity contribution in [2.24, 2.45) is 7.05 Å². The molecule has 0 spiro atoms. The van der Waals surface area contributed by atoms with Crippen LogP contribution < -0.4 is 5.32 Å². The van der Waals surface area contributed by atoms with E-state index in [2.05, 4.69) is 26.3 Å². The van der Waals surface area contributed by atoms with Gasteiger partial charge in [-0.25, -0.2) is 0 Å². The van der Waals surface area contributed by atoms with E-state index in [-0.39, 0.29) is 5.69 Å². The third-order valence-corrected chi connectivity index (χ3v) is 4.26. The lowest BCUT2D eigenvalue weighted by Crippen LogP contribution is -2.14. The number of hydrogen-bond donors (Lipinski definition) is 1. The summed E-state index contributed by atoms with van der Waals surface area (Å²) in [6, 6.07) is 4.80. The molecule has 0 unspecified atom stereocenters. The topological polar surface area (TPSA) is 73.0 Å². The molecule has 1 aromatic carbocycles. The average Bonchev–Trinajstić information content (AvgIpc) is 2.66. The summed E-state index contributed by atoms with van der Waals surface area (Å²) in [6.45, 7) is 5.38.